The molecule has 7 nitrogen and oxygen atoms in total. The number of hydrogen-bond donors (Lipinski definition) is 1. The zero-order valence-corrected chi connectivity index (χ0v) is 25.0. The molecule has 3 fully saturated rings. The molecule has 0 radical (unpaired) electrons. The molecule has 42 heavy (non-hydrogen) atoms. The van der Waals surface area contributed by atoms with Gasteiger partial charge in [0.1, 0.15) is 6.04 Å². The second kappa shape index (κ2) is 12.5. The molecule has 2 bridgehead atoms. The number of rotatable bonds is 13. The minimum absolute atomic E-state index is 0.182. The van der Waals surface area contributed by atoms with Crippen molar-refractivity contribution in [2.45, 2.75) is 60.7 Å². The van der Waals surface area contributed by atoms with E-state index >= 15 is 0 Å². The van der Waals surface area contributed by atoms with Crippen LogP contribution in [0.4, 0.5) is 0 Å². The molecule has 2 aromatic rings. The van der Waals surface area contributed by atoms with Crippen molar-refractivity contribution in [2.24, 2.45) is 11.8 Å². The largest absolute Gasteiger partial charge is 0.465 e. The highest BCUT2D eigenvalue weighted by Crippen LogP contribution is 2.71. The van der Waals surface area contributed by atoms with E-state index in [0.29, 0.717) is 38.8 Å². The molecule has 2 aromatic carbocycles. The van der Waals surface area contributed by atoms with Crippen LogP contribution in [0, 0.1) is 11.8 Å². The maximum atomic E-state index is 14.7. The van der Waals surface area contributed by atoms with Crippen LogP contribution in [0.25, 0.3) is 0 Å². The molecule has 3 aliphatic rings. The van der Waals surface area contributed by atoms with Crippen LogP contribution in [0.3, 0.4) is 0 Å². The van der Waals surface area contributed by atoms with Crippen molar-refractivity contribution in [3.05, 3.63) is 97.1 Å². The second-order valence-corrected chi connectivity index (χ2v) is 13.6. The SMILES string of the molecule is C=CCCOC(=O)[C@@H]1[C@H]2C(=O)N([C@@H](CO)Cc3ccccc3)C(C(=O)N(CC=C)Cc3ccccc3)C23CC[C@@]1(C)S3. The van der Waals surface area contributed by atoms with Gasteiger partial charge in [0.25, 0.3) is 0 Å². The fourth-order valence-corrected chi connectivity index (χ4v) is 9.55. The zero-order valence-electron chi connectivity index (χ0n) is 24.2. The molecular formula is C34H40N2O5S. The number of ether oxygens (including phenoxy) is 1. The van der Waals surface area contributed by atoms with Gasteiger partial charge in [0.15, 0.2) is 0 Å². The fourth-order valence-electron chi connectivity index (χ4n) is 7.23. The van der Waals surface area contributed by atoms with E-state index < -0.39 is 39.4 Å². The zero-order chi connectivity index (χ0) is 29.9. The Hall–Kier alpha value is -3.36. The van der Waals surface area contributed by atoms with Gasteiger partial charge in [0.05, 0.1) is 35.8 Å². The minimum atomic E-state index is -0.836. The lowest BCUT2D eigenvalue weighted by molar-refractivity contribution is -0.156. The minimum Gasteiger partial charge on any atom is -0.465 e. The van der Waals surface area contributed by atoms with Gasteiger partial charge in [0.2, 0.25) is 11.8 Å². The van der Waals surface area contributed by atoms with Crippen LogP contribution in [0.15, 0.2) is 86.0 Å². The normalized spacial score (nSPS) is 28.3. The molecule has 1 N–H and O–H groups in total. The summed E-state index contributed by atoms with van der Waals surface area (Å²) in [7, 11) is 0. The third kappa shape index (κ3) is 5.31. The molecule has 8 heteroatoms. The van der Waals surface area contributed by atoms with Crippen molar-refractivity contribution in [3.63, 3.8) is 0 Å². The van der Waals surface area contributed by atoms with E-state index in [1.807, 2.05) is 67.6 Å². The van der Waals surface area contributed by atoms with Gasteiger partial charge in [-0.2, -0.15) is 0 Å². The van der Waals surface area contributed by atoms with Crippen molar-refractivity contribution in [3.8, 4) is 0 Å². The quantitative estimate of drug-likeness (QED) is 0.212. The number of carbonyl (C=O) groups excluding carboxylic acids is 3. The third-order valence-electron chi connectivity index (χ3n) is 9.06. The Kier molecular flexibility index (Phi) is 8.94. The van der Waals surface area contributed by atoms with E-state index in [1.54, 1.807) is 33.7 Å². The lowest BCUT2D eigenvalue weighted by Gasteiger charge is -2.39. The maximum absolute atomic E-state index is 14.7. The standard InChI is InChI=1S/C34H40N2O5S/c1-4-6-20-41-32(40)28-27-30(38)36(26(23-37)21-24-13-9-7-10-14-24)29(34(27)18-17-33(28,3)42-34)31(39)35(19-5-2)22-25-15-11-8-12-16-25/h4-5,7-16,26-29,37H,1-2,6,17-23H2,3H3/t26-,27+,28+,29?,33-,34?/m1/s1. The molecule has 0 saturated carbocycles. The summed E-state index contributed by atoms with van der Waals surface area (Å²) >= 11 is 1.61. The Balaban J connectivity index is 1.57. The van der Waals surface area contributed by atoms with Crippen LogP contribution in [-0.4, -0.2) is 74.0 Å². The van der Waals surface area contributed by atoms with Gasteiger partial charge < -0.3 is 19.6 Å². The Labute approximate surface area is 252 Å². The Morgan fingerprint density at radius 1 is 1.10 bits per heavy atom. The van der Waals surface area contributed by atoms with Crippen molar-refractivity contribution in [1.82, 2.24) is 9.80 Å². The van der Waals surface area contributed by atoms with Crippen molar-refractivity contribution in [1.29, 1.82) is 0 Å². The van der Waals surface area contributed by atoms with Gasteiger partial charge in [0, 0.05) is 17.8 Å². The van der Waals surface area contributed by atoms with Crippen LogP contribution >= 0.6 is 11.8 Å². The first kappa shape index (κ1) is 30.1. The van der Waals surface area contributed by atoms with Gasteiger partial charge >= 0.3 is 5.97 Å². The molecule has 3 saturated heterocycles. The number of carbonyl (C=O) groups is 3. The van der Waals surface area contributed by atoms with Crippen LogP contribution in [0.1, 0.15) is 37.3 Å². The smallest absolute Gasteiger partial charge is 0.311 e. The molecule has 5 rings (SSSR count). The molecule has 1 spiro atoms. The average molecular weight is 589 g/mol. The first-order valence-electron chi connectivity index (χ1n) is 14.7. The van der Waals surface area contributed by atoms with Gasteiger partial charge in [-0.15, -0.1) is 24.9 Å². The predicted molar refractivity (Wildman–Crippen MR) is 164 cm³/mol. The maximum Gasteiger partial charge on any atom is 0.311 e. The summed E-state index contributed by atoms with van der Waals surface area (Å²) in [5.41, 5.74) is 1.93. The van der Waals surface area contributed by atoms with Crippen LogP contribution in [0.2, 0.25) is 0 Å². The molecule has 3 heterocycles. The van der Waals surface area contributed by atoms with Crippen LogP contribution in [0.5, 0.6) is 0 Å². The molecule has 0 aromatic heterocycles. The van der Waals surface area contributed by atoms with Crippen LogP contribution < -0.4 is 0 Å². The van der Waals surface area contributed by atoms with E-state index in [9.17, 15) is 19.5 Å². The molecule has 2 amide bonds. The number of hydrogen-bond acceptors (Lipinski definition) is 6. The van der Waals surface area contributed by atoms with Crippen molar-refractivity contribution < 1.29 is 24.2 Å². The first-order valence-corrected chi connectivity index (χ1v) is 15.5. The van der Waals surface area contributed by atoms with Crippen molar-refractivity contribution >= 4 is 29.5 Å². The molecule has 0 aliphatic carbocycles. The summed E-state index contributed by atoms with van der Waals surface area (Å²) in [6, 6.07) is 18.0. The highest BCUT2D eigenvalue weighted by Gasteiger charge is 2.78. The molecule has 3 aliphatic heterocycles. The number of aliphatic hydroxyl groups excluding tert-OH is 1. The number of esters is 1. The Bertz CT molecular complexity index is 1320. The van der Waals surface area contributed by atoms with E-state index in [-0.39, 0.29) is 25.0 Å². The van der Waals surface area contributed by atoms with E-state index in [2.05, 4.69) is 13.2 Å². The molecule has 6 atom stereocenters. The number of nitrogens with zero attached hydrogens (tertiary/aromatic N) is 2. The highest BCUT2D eigenvalue weighted by atomic mass is 32.2. The predicted octanol–water partition coefficient (Wildman–Crippen LogP) is 4.41. The molecule has 222 valence electrons. The van der Waals surface area contributed by atoms with Gasteiger partial charge in [-0.25, -0.2) is 0 Å². The highest BCUT2D eigenvalue weighted by molar-refractivity contribution is 8.02. The summed E-state index contributed by atoms with van der Waals surface area (Å²) in [6.45, 7) is 10.2. The topological polar surface area (TPSA) is 87.1 Å². The van der Waals surface area contributed by atoms with Crippen LogP contribution in [-0.2, 0) is 32.1 Å². The summed E-state index contributed by atoms with van der Waals surface area (Å²) in [5.74, 6) is -2.21. The number of benzene rings is 2. The lowest BCUT2D eigenvalue weighted by atomic mass is 9.66. The monoisotopic (exact) mass is 588 g/mol. The van der Waals surface area contributed by atoms with E-state index in [1.165, 1.54) is 0 Å². The number of amides is 2. The average Bonchev–Trinajstić information content (AvgIpc) is 3.57. The lowest BCUT2D eigenvalue weighted by Crippen LogP contribution is -2.57. The first-order chi connectivity index (χ1) is 20.3. The number of fused-ring (bicyclic) bond motifs is 1. The Morgan fingerprint density at radius 3 is 2.38 bits per heavy atom. The number of thioether (sulfide) groups is 1. The van der Waals surface area contributed by atoms with E-state index in [4.69, 9.17) is 4.74 Å². The molecular weight excluding hydrogens is 548 g/mol. The summed E-state index contributed by atoms with van der Waals surface area (Å²) < 4.78 is 4.34. The number of aliphatic hydroxyl groups is 1. The van der Waals surface area contributed by atoms with Crippen molar-refractivity contribution in [2.75, 3.05) is 19.8 Å². The fraction of sp³-hybridized carbons (Fsp3) is 0.441. The van der Waals surface area contributed by atoms with Gasteiger partial charge in [-0.3, -0.25) is 14.4 Å². The molecule has 2 unspecified atom stereocenters. The summed E-state index contributed by atoms with van der Waals surface area (Å²) in [4.78, 5) is 46.3. The summed E-state index contributed by atoms with van der Waals surface area (Å²) in [6.07, 6.45) is 5.64. The number of likely N-dealkylation sites (tertiary alicyclic amines) is 1. The Morgan fingerprint density at radius 2 is 1.76 bits per heavy atom. The van der Waals surface area contributed by atoms with Gasteiger partial charge in [-0.05, 0) is 43.7 Å². The second-order valence-electron chi connectivity index (χ2n) is 11.7. The van der Waals surface area contributed by atoms with E-state index in [0.717, 1.165) is 11.1 Å². The summed E-state index contributed by atoms with van der Waals surface area (Å²) in [5, 5.41) is 10.7. The third-order valence-corrected chi connectivity index (χ3v) is 11.1. The van der Waals surface area contributed by atoms with Gasteiger partial charge in [-0.1, -0.05) is 72.8 Å².